The number of hydrogen-bond donors (Lipinski definition) is 1. The van der Waals surface area contributed by atoms with Gasteiger partial charge in [-0.1, -0.05) is 11.6 Å². The number of halogens is 4. The van der Waals surface area contributed by atoms with Crippen molar-refractivity contribution in [3.63, 3.8) is 0 Å². The lowest BCUT2D eigenvalue weighted by atomic mass is 10.3. The maximum absolute atomic E-state index is 13.4. The zero-order chi connectivity index (χ0) is 14.9. The van der Waals surface area contributed by atoms with Gasteiger partial charge in [0.05, 0.1) is 15.6 Å². The van der Waals surface area contributed by atoms with Crippen molar-refractivity contribution in [2.24, 2.45) is 0 Å². The Bertz CT molecular complexity index is 768. The van der Waals surface area contributed by atoms with Gasteiger partial charge < -0.3 is 0 Å². The smallest absolute Gasteiger partial charge is 0.262 e. The highest BCUT2D eigenvalue weighted by atomic mass is 79.9. The van der Waals surface area contributed by atoms with Crippen LogP contribution in [0.5, 0.6) is 0 Å². The Morgan fingerprint density at radius 2 is 1.80 bits per heavy atom. The van der Waals surface area contributed by atoms with Gasteiger partial charge in [0, 0.05) is 10.5 Å². The molecule has 0 unspecified atom stereocenters. The van der Waals surface area contributed by atoms with E-state index < -0.39 is 27.3 Å². The summed E-state index contributed by atoms with van der Waals surface area (Å²) in [7, 11) is -4.04. The normalized spacial score (nSPS) is 11.4. The van der Waals surface area contributed by atoms with E-state index in [1.807, 2.05) is 4.72 Å². The summed E-state index contributed by atoms with van der Waals surface area (Å²) in [6, 6.07) is 6.39. The minimum Gasteiger partial charge on any atom is -0.277 e. The summed E-state index contributed by atoms with van der Waals surface area (Å²) in [5.41, 5.74) is -0.462. The first kappa shape index (κ1) is 15.2. The van der Waals surface area contributed by atoms with E-state index in [1.165, 1.54) is 18.2 Å². The van der Waals surface area contributed by atoms with Crippen LogP contribution in [0.2, 0.25) is 5.02 Å². The fourth-order valence-electron chi connectivity index (χ4n) is 1.42. The van der Waals surface area contributed by atoms with E-state index in [1.54, 1.807) is 0 Å². The minimum atomic E-state index is -4.04. The Hall–Kier alpha value is -1.18. The molecule has 0 saturated carbocycles. The number of nitrogens with one attached hydrogen (secondary N) is 1. The molecule has 0 aliphatic heterocycles. The number of sulfonamides is 1. The fourth-order valence-corrected chi connectivity index (χ4v) is 3.16. The largest absolute Gasteiger partial charge is 0.277 e. The Labute approximate surface area is 127 Å². The number of rotatable bonds is 3. The second-order valence-corrected chi connectivity index (χ2v) is 6.75. The maximum atomic E-state index is 13.4. The van der Waals surface area contributed by atoms with Crippen molar-refractivity contribution in [3.05, 3.63) is 57.5 Å². The molecule has 2 rings (SSSR count). The summed E-state index contributed by atoms with van der Waals surface area (Å²) in [5.74, 6) is -1.62. The quantitative estimate of drug-likeness (QED) is 0.865. The topological polar surface area (TPSA) is 46.2 Å². The molecular weight excluding hydrogens is 376 g/mol. The van der Waals surface area contributed by atoms with E-state index in [0.29, 0.717) is 9.50 Å². The van der Waals surface area contributed by atoms with Crippen LogP contribution in [0.3, 0.4) is 0 Å². The summed E-state index contributed by atoms with van der Waals surface area (Å²) < 4.78 is 52.9. The number of benzene rings is 2. The number of anilines is 1. The molecule has 1 N–H and O–H groups in total. The van der Waals surface area contributed by atoms with Gasteiger partial charge in [-0.05, 0) is 46.3 Å². The molecule has 0 aromatic heterocycles. The first-order chi connectivity index (χ1) is 9.29. The molecule has 2 aromatic rings. The van der Waals surface area contributed by atoms with Crippen LogP contribution in [0.15, 0.2) is 45.8 Å². The third-order valence-electron chi connectivity index (χ3n) is 2.37. The van der Waals surface area contributed by atoms with Crippen LogP contribution in [0.4, 0.5) is 14.5 Å². The molecular formula is C12H7BrClF2NO2S. The van der Waals surface area contributed by atoms with Gasteiger partial charge in [0.15, 0.2) is 0 Å². The molecule has 0 saturated heterocycles. The molecule has 8 heteroatoms. The predicted octanol–water partition coefficient (Wildman–Crippen LogP) is 4.18. The highest BCUT2D eigenvalue weighted by Crippen LogP contribution is 2.27. The standard InChI is InChI=1S/C12H7BrClF2NO2S/c13-9-6-8(2-3-10(9)14)20(18,19)17-12-5-7(15)1-4-11(12)16/h1-6,17H. The van der Waals surface area contributed by atoms with Crippen LogP contribution < -0.4 is 4.72 Å². The molecule has 2 aromatic carbocycles. The van der Waals surface area contributed by atoms with E-state index >= 15 is 0 Å². The second-order valence-electron chi connectivity index (χ2n) is 3.81. The SMILES string of the molecule is O=S(=O)(Nc1cc(F)ccc1F)c1ccc(Cl)c(Br)c1. The molecule has 0 fully saturated rings. The van der Waals surface area contributed by atoms with Gasteiger partial charge in [-0.25, -0.2) is 17.2 Å². The van der Waals surface area contributed by atoms with Crippen molar-refractivity contribution in [1.82, 2.24) is 0 Å². The summed E-state index contributed by atoms with van der Waals surface area (Å²) in [5, 5.41) is 0.334. The Balaban J connectivity index is 2.40. The Kier molecular flexibility index (Phi) is 4.31. The van der Waals surface area contributed by atoms with Crippen LogP contribution >= 0.6 is 27.5 Å². The first-order valence-electron chi connectivity index (χ1n) is 5.22. The van der Waals surface area contributed by atoms with Gasteiger partial charge in [-0.3, -0.25) is 4.72 Å². The maximum Gasteiger partial charge on any atom is 0.262 e. The molecule has 0 heterocycles. The van der Waals surface area contributed by atoms with Gasteiger partial charge >= 0.3 is 0 Å². The monoisotopic (exact) mass is 381 g/mol. The van der Waals surface area contributed by atoms with Gasteiger partial charge in [-0.2, -0.15) is 0 Å². The lowest BCUT2D eigenvalue weighted by Gasteiger charge is -2.09. The molecule has 0 aliphatic carbocycles. The van der Waals surface area contributed by atoms with Crippen LogP contribution in [-0.4, -0.2) is 8.42 Å². The zero-order valence-corrected chi connectivity index (χ0v) is 12.9. The second kappa shape index (κ2) is 5.67. The molecule has 0 amide bonds. The van der Waals surface area contributed by atoms with Crippen molar-refractivity contribution in [2.75, 3.05) is 4.72 Å². The minimum absolute atomic E-state index is 0.127. The number of hydrogen-bond acceptors (Lipinski definition) is 2. The summed E-state index contributed by atoms with van der Waals surface area (Å²) >= 11 is 8.86. The third-order valence-corrected chi connectivity index (χ3v) is 4.95. The Morgan fingerprint density at radius 3 is 2.45 bits per heavy atom. The highest BCUT2D eigenvalue weighted by molar-refractivity contribution is 9.10. The molecule has 0 aliphatic rings. The van der Waals surface area contributed by atoms with Gasteiger partial charge in [-0.15, -0.1) is 0 Å². The average Bonchev–Trinajstić information content (AvgIpc) is 2.36. The van der Waals surface area contributed by atoms with Crippen molar-refractivity contribution in [1.29, 1.82) is 0 Å². The van der Waals surface area contributed by atoms with E-state index in [0.717, 1.165) is 18.2 Å². The van der Waals surface area contributed by atoms with Crippen LogP contribution in [-0.2, 0) is 10.0 Å². The molecule has 20 heavy (non-hydrogen) atoms. The predicted molar refractivity (Wildman–Crippen MR) is 76.3 cm³/mol. The van der Waals surface area contributed by atoms with E-state index in [9.17, 15) is 17.2 Å². The average molecular weight is 383 g/mol. The van der Waals surface area contributed by atoms with E-state index in [2.05, 4.69) is 15.9 Å². The van der Waals surface area contributed by atoms with Gasteiger partial charge in [0.2, 0.25) is 0 Å². The van der Waals surface area contributed by atoms with Crippen molar-refractivity contribution < 1.29 is 17.2 Å². The summed E-state index contributed by atoms with van der Waals surface area (Å²) in [6.07, 6.45) is 0. The highest BCUT2D eigenvalue weighted by Gasteiger charge is 2.17. The zero-order valence-electron chi connectivity index (χ0n) is 9.70. The van der Waals surface area contributed by atoms with Crippen LogP contribution in [0.1, 0.15) is 0 Å². The summed E-state index contributed by atoms with van der Waals surface area (Å²) in [4.78, 5) is -0.127. The summed E-state index contributed by atoms with van der Waals surface area (Å²) in [6.45, 7) is 0. The third kappa shape index (κ3) is 3.28. The van der Waals surface area contributed by atoms with Gasteiger partial charge in [0.25, 0.3) is 10.0 Å². The van der Waals surface area contributed by atoms with Crippen molar-refractivity contribution in [2.45, 2.75) is 4.90 Å². The Morgan fingerprint density at radius 1 is 1.10 bits per heavy atom. The van der Waals surface area contributed by atoms with E-state index in [-0.39, 0.29) is 4.90 Å². The lowest BCUT2D eigenvalue weighted by molar-refractivity contribution is 0.594. The molecule has 106 valence electrons. The van der Waals surface area contributed by atoms with Crippen molar-refractivity contribution in [3.8, 4) is 0 Å². The van der Waals surface area contributed by atoms with Crippen molar-refractivity contribution >= 4 is 43.2 Å². The van der Waals surface area contributed by atoms with E-state index in [4.69, 9.17) is 11.6 Å². The molecule has 0 atom stereocenters. The first-order valence-corrected chi connectivity index (χ1v) is 7.88. The van der Waals surface area contributed by atoms with Crippen LogP contribution in [0, 0.1) is 11.6 Å². The van der Waals surface area contributed by atoms with Gasteiger partial charge in [0.1, 0.15) is 11.6 Å². The fraction of sp³-hybridized carbons (Fsp3) is 0. The molecule has 0 radical (unpaired) electrons. The molecule has 3 nitrogen and oxygen atoms in total. The molecule has 0 spiro atoms. The lowest BCUT2D eigenvalue weighted by Crippen LogP contribution is -2.14. The molecule has 0 bridgehead atoms. The van der Waals surface area contributed by atoms with Crippen LogP contribution in [0.25, 0.3) is 0 Å².